The standard InChI is InChI=1S/C24H23F3N4O2S/c1-3-5-10-33-14-6-8-16(18(11-14)24(25,26)27)19-12-17(20-9-7-15(4-2)34-20)21(23(32)30-19)22-28-13-29-31-22/h6-9,11-13H,3-5,10H2,1-2H3,(H,30,32)(H,28,29,31). The van der Waals surface area contributed by atoms with Gasteiger partial charge in [0.1, 0.15) is 12.1 Å². The van der Waals surface area contributed by atoms with Crippen LogP contribution in [-0.4, -0.2) is 26.8 Å². The first-order valence-electron chi connectivity index (χ1n) is 10.9. The van der Waals surface area contributed by atoms with E-state index in [0.717, 1.165) is 35.1 Å². The summed E-state index contributed by atoms with van der Waals surface area (Å²) in [5, 5.41) is 6.49. The van der Waals surface area contributed by atoms with Crippen LogP contribution in [0.25, 0.3) is 33.1 Å². The summed E-state index contributed by atoms with van der Waals surface area (Å²) in [7, 11) is 0. The van der Waals surface area contributed by atoms with Crippen molar-refractivity contribution in [3.8, 4) is 38.8 Å². The molecular weight excluding hydrogens is 465 g/mol. The summed E-state index contributed by atoms with van der Waals surface area (Å²) in [6.07, 6.45) is -0.955. The van der Waals surface area contributed by atoms with Gasteiger partial charge in [-0.05, 0) is 49.2 Å². The highest BCUT2D eigenvalue weighted by Gasteiger charge is 2.35. The lowest BCUT2D eigenvalue weighted by Gasteiger charge is -2.16. The topological polar surface area (TPSA) is 83.7 Å². The molecule has 0 aliphatic heterocycles. The third-order valence-electron chi connectivity index (χ3n) is 5.31. The summed E-state index contributed by atoms with van der Waals surface area (Å²) >= 11 is 1.48. The molecule has 6 nitrogen and oxygen atoms in total. The number of nitrogens with zero attached hydrogens (tertiary/aromatic N) is 2. The number of nitrogens with one attached hydrogen (secondary N) is 2. The van der Waals surface area contributed by atoms with Crippen molar-refractivity contribution in [1.82, 2.24) is 20.2 Å². The molecule has 2 N–H and O–H groups in total. The minimum atomic E-state index is -4.64. The van der Waals surface area contributed by atoms with Crippen LogP contribution in [0.5, 0.6) is 5.75 Å². The number of benzene rings is 1. The molecule has 0 radical (unpaired) electrons. The molecule has 0 atom stereocenters. The van der Waals surface area contributed by atoms with Crippen molar-refractivity contribution < 1.29 is 17.9 Å². The van der Waals surface area contributed by atoms with E-state index < -0.39 is 17.3 Å². The summed E-state index contributed by atoms with van der Waals surface area (Å²) in [6, 6.07) is 9.16. The Morgan fingerprint density at radius 2 is 1.91 bits per heavy atom. The zero-order chi connectivity index (χ0) is 24.3. The highest BCUT2D eigenvalue weighted by Crippen LogP contribution is 2.41. The first-order valence-corrected chi connectivity index (χ1v) is 11.7. The van der Waals surface area contributed by atoms with Crippen molar-refractivity contribution >= 4 is 11.3 Å². The fourth-order valence-electron chi connectivity index (χ4n) is 3.59. The molecule has 4 rings (SSSR count). The third kappa shape index (κ3) is 4.91. The lowest BCUT2D eigenvalue weighted by molar-refractivity contribution is -0.137. The monoisotopic (exact) mass is 488 g/mol. The summed E-state index contributed by atoms with van der Waals surface area (Å²) < 4.78 is 47.5. The second kappa shape index (κ2) is 9.84. The van der Waals surface area contributed by atoms with E-state index in [4.69, 9.17) is 4.74 Å². The highest BCUT2D eigenvalue weighted by molar-refractivity contribution is 7.15. The number of ether oxygens (including phenoxy) is 1. The minimum absolute atomic E-state index is 0.0575. The van der Waals surface area contributed by atoms with Gasteiger partial charge in [0.25, 0.3) is 5.56 Å². The largest absolute Gasteiger partial charge is 0.494 e. The maximum Gasteiger partial charge on any atom is 0.417 e. The molecule has 0 amide bonds. The SMILES string of the molecule is CCCCOc1ccc(-c2cc(-c3ccc(CC)s3)c(-c3ncn[nH]3)c(=O)[nH]2)c(C(F)(F)F)c1. The van der Waals surface area contributed by atoms with E-state index in [-0.39, 0.29) is 28.4 Å². The van der Waals surface area contributed by atoms with Crippen molar-refractivity contribution in [2.45, 2.75) is 39.3 Å². The molecule has 0 fully saturated rings. The van der Waals surface area contributed by atoms with Gasteiger partial charge in [-0.25, -0.2) is 4.98 Å². The van der Waals surface area contributed by atoms with Crippen molar-refractivity contribution in [3.05, 3.63) is 63.5 Å². The predicted octanol–water partition coefficient (Wildman–Crippen LogP) is 6.32. The number of unbranched alkanes of at least 4 members (excludes halogenated alkanes) is 1. The molecule has 10 heteroatoms. The van der Waals surface area contributed by atoms with E-state index >= 15 is 0 Å². The van der Waals surface area contributed by atoms with Gasteiger partial charge in [-0.1, -0.05) is 20.3 Å². The number of aromatic amines is 2. The van der Waals surface area contributed by atoms with Crippen molar-refractivity contribution in [2.75, 3.05) is 6.61 Å². The lowest BCUT2D eigenvalue weighted by Crippen LogP contribution is -2.14. The summed E-state index contributed by atoms with van der Waals surface area (Å²) in [5.41, 5.74) is -0.814. The molecule has 1 aromatic carbocycles. The zero-order valence-electron chi connectivity index (χ0n) is 18.6. The summed E-state index contributed by atoms with van der Waals surface area (Å²) in [6.45, 7) is 4.31. The van der Waals surface area contributed by atoms with E-state index in [1.54, 1.807) is 6.07 Å². The molecule has 34 heavy (non-hydrogen) atoms. The predicted molar refractivity (Wildman–Crippen MR) is 126 cm³/mol. The Bertz CT molecular complexity index is 1330. The fraction of sp³-hybridized carbons (Fsp3) is 0.292. The van der Waals surface area contributed by atoms with Gasteiger partial charge in [-0.15, -0.1) is 11.3 Å². The molecular formula is C24H23F3N4O2S. The maximum atomic E-state index is 14.0. The normalized spacial score (nSPS) is 11.7. The molecule has 0 aliphatic carbocycles. The van der Waals surface area contributed by atoms with Gasteiger partial charge in [-0.2, -0.15) is 18.3 Å². The Balaban J connectivity index is 1.89. The van der Waals surface area contributed by atoms with E-state index in [9.17, 15) is 18.0 Å². The van der Waals surface area contributed by atoms with E-state index in [2.05, 4.69) is 20.2 Å². The van der Waals surface area contributed by atoms with Crippen LogP contribution in [0.3, 0.4) is 0 Å². The Morgan fingerprint density at radius 1 is 1.09 bits per heavy atom. The quantitative estimate of drug-likeness (QED) is 0.285. The number of pyridine rings is 1. The minimum Gasteiger partial charge on any atom is -0.494 e. The molecule has 0 aliphatic rings. The Labute approximate surface area is 197 Å². The number of hydrogen-bond acceptors (Lipinski definition) is 5. The van der Waals surface area contributed by atoms with Gasteiger partial charge in [0.15, 0.2) is 5.82 Å². The maximum absolute atomic E-state index is 14.0. The third-order valence-corrected chi connectivity index (χ3v) is 6.58. The van der Waals surface area contributed by atoms with Crippen molar-refractivity contribution in [1.29, 1.82) is 0 Å². The average Bonchev–Trinajstić information content (AvgIpc) is 3.50. The highest BCUT2D eigenvalue weighted by atomic mass is 32.1. The van der Waals surface area contributed by atoms with Crippen LogP contribution in [0.15, 0.2) is 47.5 Å². The molecule has 0 saturated heterocycles. The van der Waals surface area contributed by atoms with Crippen LogP contribution >= 0.6 is 11.3 Å². The summed E-state index contributed by atoms with van der Waals surface area (Å²) in [4.78, 5) is 21.7. The number of thiophene rings is 1. The van der Waals surface area contributed by atoms with Crippen LogP contribution in [0.2, 0.25) is 0 Å². The van der Waals surface area contributed by atoms with Gasteiger partial charge < -0.3 is 9.72 Å². The van der Waals surface area contributed by atoms with Crippen LogP contribution in [0.1, 0.15) is 37.1 Å². The van der Waals surface area contributed by atoms with Gasteiger partial charge in [-0.3, -0.25) is 9.89 Å². The van der Waals surface area contributed by atoms with Crippen molar-refractivity contribution in [3.63, 3.8) is 0 Å². The smallest absolute Gasteiger partial charge is 0.417 e. The molecule has 178 valence electrons. The molecule has 4 aromatic rings. The molecule has 0 saturated carbocycles. The number of rotatable bonds is 8. The first kappa shape index (κ1) is 23.7. The fourth-order valence-corrected chi connectivity index (χ4v) is 4.56. The van der Waals surface area contributed by atoms with Crippen molar-refractivity contribution in [2.24, 2.45) is 0 Å². The van der Waals surface area contributed by atoms with E-state index in [1.807, 2.05) is 26.0 Å². The average molecular weight is 489 g/mol. The van der Waals surface area contributed by atoms with Crippen LogP contribution in [-0.2, 0) is 12.6 Å². The molecule has 0 bridgehead atoms. The number of aryl methyl sites for hydroxylation is 1. The number of aromatic nitrogens is 4. The molecule has 0 unspecified atom stereocenters. The summed E-state index contributed by atoms with van der Waals surface area (Å²) in [5.74, 6) is 0.376. The molecule has 0 spiro atoms. The van der Waals surface area contributed by atoms with E-state index in [1.165, 1.54) is 29.8 Å². The number of alkyl halides is 3. The van der Waals surface area contributed by atoms with Crippen LogP contribution in [0.4, 0.5) is 13.2 Å². The number of H-pyrrole nitrogens is 2. The molecule has 3 aromatic heterocycles. The lowest BCUT2D eigenvalue weighted by atomic mass is 9.99. The van der Waals surface area contributed by atoms with Crippen LogP contribution in [0, 0.1) is 0 Å². The Hall–Kier alpha value is -3.40. The molecule has 3 heterocycles. The van der Waals surface area contributed by atoms with E-state index in [0.29, 0.717) is 12.2 Å². The second-order valence-corrected chi connectivity index (χ2v) is 8.83. The number of halogens is 3. The first-order chi connectivity index (χ1) is 16.3. The second-order valence-electron chi connectivity index (χ2n) is 7.66. The number of hydrogen-bond donors (Lipinski definition) is 2. The van der Waals surface area contributed by atoms with Crippen LogP contribution < -0.4 is 10.3 Å². The van der Waals surface area contributed by atoms with Gasteiger partial charge in [0.2, 0.25) is 0 Å². The zero-order valence-corrected chi connectivity index (χ0v) is 19.4. The van der Waals surface area contributed by atoms with Gasteiger partial charge >= 0.3 is 6.18 Å². The Morgan fingerprint density at radius 3 is 2.56 bits per heavy atom. The van der Waals surface area contributed by atoms with Gasteiger partial charge in [0, 0.05) is 26.6 Å². The Kier molecular flexibility index (Phi) is 6.87. The van der Waals surface area contributed by atoms with Gasteiger partial charge in [0.05, 0.1) is 17.7 Å².